The van der Waals surface area contributed by atoms with Gasteiger partial charge in [0.1, 0.15) is 12.1 Å². The number of imide groups is 1. The van der Waals surface area contributed by atoms with Crippen molar-refractivity contribution in [1.29, 1.82) is 5.26 Å². The van der Waals surface area contributed by atoms with Gasteiger partial charge in [0.25, 0.3) is 11.8 Å². The van der Waals surface area contributed by atoms with Crippen LogP contribution in [0.2, 0.25) is 5.02 Å². The summed E-state index contributed by atoms with van der Waals surface area (Å²) in [6.45, 7) is 8.80. The molecule has 4 fully saturated rings. The van der Waals surface area contributed by atoms with Gasteiger partial charge in [-0.05, 0) is 103 Å². The van der Waals surface area contributed by atoms with E-state index in [0.717, 1.165) is 67.0 Å². The van der Waals surface area contributed by atoms with Crippen LogP contribution in [0, 0.1) is 16.7 Å². The van der Waals surface area contributed by atoms with E-state index in [1.54, 1.807) is 4.90 Å². The first-order chi connectivity index (χ1) is 28.0. The van der Waals surface area contributed by atoms with Crippen LogP contribution < -0.4 is 15.1 Å². The molecule has 6 aliphatic heterocycles. The van der Waals surface area contributed by atoms with Crippen LogP contribution in [0.15, 0.2) is 54.6 Å². The third-order valence-electron chi connectivity index (χ3n) is 13.4. The largest absolute Gasteiger partial charge is 0.371 e. The fourth-order valence-electron chi connectivity index (χ4n) is 10.1. The molecule has 300 valence electrons. The van der Waals surface area contributed by atoms with Crippen LogP contribution in [0.25, 0.3) is 0 Å². The van der Waals surface area contributed by atoms with Crippen molar-refractivity contribution < 1.29 is 24.0 Å². The van der Waals surface area contributed by atoms with Gasteiger partial charge in [0.2, 0.25) is 17.7 Å². The number of nitriles is 1. The van der Waals surface area contributed by atoms with E-state index >= 15 is 0 Å². The first-order valence-electron chi connectivity index (χ1n) is 20.4. The van der Waals surface area contributed by atoms with Gasteiger partial charge >= 0.3 is 0 Å². The highest BCUT2D eigenvalue weighted by Crippen LogP contribution is 2.46. The van der Waals surface area contributed by atoms with Gasteiger partial charge in [0.15, 0.2) is 0 Å². The highest BCUT2D eigenvalue weighted by Gasteiger charge is 2.44. The molecule has 0 radical (unpaired) electrons. The Hall–Kier alpha value is -5.45. The Labute approximate surface area is 343 Å². The van der Waals surface area contributed by atoms with Crippen molar-refractivity contribution in [2.45, 2.75) is 70.7 Å². The molecule has 58 heavy (non-hydrogen) atoms. The molecule has 3 aromatic carbocycles. The van der Waals surface area contributed by atoms with Crippen LogP contribution in [-0.4, -0.2) is 114 Å². The van der Waals surface area contributed by atoms with E-state index < -0.39 is 11.9 Å². The maximum atomic E-state index is 13.5. The van der Waals surface area contributed by atoms with E-state index in [-0.39, 0.29) is 42.0 Å². The van der Waals surface area contributed by atoms with Crippen molar-refractivity contribution in [3.8, 4) is 6.07 Å². The van der Waals surface area contributed by atoms with Gasteiger partial charge in [0.05, 0.1) is 17.1 Å². The van der Waals surface area contributed by atoms with Crippen LogP contribution in [0.1, 0.15) is 82.0 Å². The Morgan fingerprint density at radius 3 is 2.22 bits per heavy atom. The zero-order valence-electron chi connectivity index (χ0n) is 32.7. The number of nitrogens with one attached hydrogen (secondary N) is 1. The average molecular weight is 803 g/mol. The van der Waals surface area contributed by atoms with Crippen LogP contribution in [0.5, 0.6) is 0 Å². The number of fused-ring (bicyclic) bond motifs is 2. The summed E-state index contributed by atoms with van der Waals surface area (Å²) in [5, 5.41) is 12.1. The molecule has 0 aromatic heterocycles. The molecule has 4 saturated heterocycles. The molecule has 3 aromatic rings. The molecule has 9 rings (SSSR count). The number of piperazine rings is 1. The smallest absolute Gasteiger partial charge is 0.255 e. The Balaban J connectivity index is 0.732. The predicted octanol–water partition coefficient (Wildman–Crippen LogP) is 4.16. The summed E-state index contributed by atoms with van der Waals surface area (Å²) in [5.74, 6) is -0.912. The molecular formula is C44H47ClN8O5. The minimum absolute atomic E-state index is 0.0204. The number of hydrogen-bond donors (Lipinski definition) is 1. The zero-order chi connectivity index (χ0) is 40.3. The van der Waals surface area contributed by atoms with Crippen LogP contribution >= 0.6 is 11.6 Å². The number of rotatable bonds is 6. The monoisotopic (exact) mass is 802 g/mol. The zero-order valence-corrected chi connectivity index (χ0v) is 33.5. The van der Waals surface area contributed by atoms with Gasteiger partial charge in [-0.3, -0.25) is 34.2 Å². The van der Waals surface area contributed by atoms with E-state index in [1.807, 2.05) is 52.3 Å². The summed E-state index contributed by atoms with van der Waals surface area (Å²) in [6, 6.07) is 19.5. The lowest BCUT2D eigenvalue weighted by Crippen LogP contribution is -2.52. The summed E-state index contributed by atoms with van der Waals surface area (Å²) in [4.78, 5) is 76.5. The Kier molecular flexibility index (Phi) is 9.88. The van der Waals surface area contributed by atoms with Gasteiger partial charge in [-0.2, -0.15) is 5.26 Å². The van der Waals surface area contributed by atoms with Crippen molar-refractivity contribution in [2.75, 3.05) is 62.2 Å². The molecule has 1 spiro atoms. The molecule has 5 amide bonds. The molecule has 0 bridgehead atoms. The second-order valence-electron chi connectivity index (χ2n) is 17.0. The second-order valence-corrected chi connectivity index (χ2v) is 17.4. The summed E-state index contributed by atoms with van der Waals surface area (Å²) in [6.07, 6.45) is 3.84. The lowest BCUT2D eigenvalue weighted by molar-refractivity contribution is -0.137. The lowest BCUT2D eigenvalue weighted by Gasteiger charge is -2.40. The molecule has 1 N–H and O–H groups in total. The molecule has 13 nitrogen and oxygen atoms in total. The summed E-state index contributed by atoms with van der Waals surface area (Å²) in [7, 11) is 0. The molecule has 2 atom stereocenters. The number of amides is 5. The van der Waals surface area contributed by atoms with E-state index in [4.69, 9.17) is 11.6 Å². The second kappa shape index (κ2) is 15.1. The Morgan fingerprint density at radius 1 is 0.845 bits per heavy atom. The summed E-state index contributed by atoms with van der Waals surface area (Å²) >= 11 is 6.37. The maximum Gasteiger partial charge on any atom is 0.255 e. The SMILES string of the molecule is C[C@H]1CC2(CCN(c3ccc(C(=O)N4CCN(C(=O)CN5Cc6cc7c(cc6C5)C(=O)N(C5CCC(=O)NC5=O)C7)CC4)cc3)CC2)CN1c1ccc(C#N)c(Cl)c1. The topological polar surface area (TPSA) is 141 Å². The van der Waals surface area contributed by atoms with Gasteiger partial charge < -0.3 is 24.5 Å². The number of hydrogen-bond acceptors (Lipinski definition) is 9. The molecule has 1 unspecified atom stereocenters. The van der Waals surface area contributed by atoms with Gasteiger partial charge in [-0.15, -0.1) is 0 Å². The number of benzene rings is 3. The third-order valence-corrected chi connectivity index (χ3v) is 13.7. The third kappa shape index (κ3) is 7.06. The fourth-order valence-corrected chi connectivity index (χ4v) is 10.4. The van der Waals surface area contributed by atoms with E-state index in [9.17, 15) is 29.2 Å². The normalized spacial score (nSPS) is 23.0. The average Bonchev–Trinajstić information content (AvgIpc) is 3.88. The van der Waals surface area contributed by atoms with Crippen LogP contribution in [0.4, 0.5) is 11.4 Å². The standard InChI is InChI=1S/C44H47ClN8O5/c1-28-21-44(27-53(28)35-7-4-30(22-46)37(45)20-35)10-12-49(13-11-44)34-5-2-29(3-6-34)42(57)51-16-14-50(15-17-51)40(55)26-48-23-31-18-33-25-52(38-8-9-39(54)47-41(38)56)43(58)36(33)19-32(31)24-48/h2-7,18-20,28,38H,8-17,21,23-27H2,1H3,(H,47,54,56)/t28-,38?/m0/s1. The van der Waals surface area contributed by atoms with Crippen molar-refractivity contribution in [1.82, 2.24) is 24.9 Å². The van der Waals surface area contributed by atoms with E-state index in [2.05, 4.69) is 45.1 Å². The highest BCUT2D eigenvalue weighted by molar-refractivity contribution is 6.32. The van der Waals surface area contributed by atoms with Gasteiger partial charge in [0, 0.05) is 100 Å². The predicted molar refractivity (Wildman–Crippen MR) is 217 cm³/mol. The number of halogens is 1. The number of carbonyl (C=O) groups excluding carboxylic acids is 5. The van der Waals surface area contributed by atoms with Crippen LogP contribution in [0.3, 0.4) is 0 Å². The Bertz CT molecular complexity index is 2240. The minimum Gasteiger partial charge on any atom is -0.371 e. The van der Waals surface area contributed by atoms with Crippen LogP contribution in [-0.2, 0) is 34.0 Å². The highest BCUT2D eigenvalue weighted by atomic mass is 35.5. The molecule has 14 heteroatoms. The first-order valence-corrected chi connectivity index (χ1v) is 20.8. The van der Waals surface area contributed by atoms with Gasteiger partial charge in [-0.25, -0.2) is 0 Å². The lowest BCUT2D eigenvalue weighted by atomic mass is 9.76. The van der Waals surface area contributed by atoms with Crippen molar-refractivity contribution in [3.05, 3.63) is 93.0 Å². The fraction of sp³-hybridized carbons (Fsp3) is 0.455. The molecule has 0 saturated carbocycles. The summed E-state index contributed by atoms with van der Waals surface area (Å²) in [5.41, 5.74) is 7.14. The molecule has 6 heterocycles. The first kappa shape index (κ1) is 38.1. The Morgan fingerprint density at radius 2 is 1.53 bits per heavy atom. The number of piperidine rings is 2. The quantitative estimate of drug-likeness (QED) is 0.364. The molecule has 0 aliphatic carbocycles. The van der Waals surface area contributed by atoms with E-state index in [1.165, 1.54) is 0 Å². The number of carbonyl (C=O) groups is 5. The van der Waals surface area contributed by atoms with Crippen molar-refractivity contribution in [3.63, 3.8) is 0 Å². The maximum absolute atomic E-state index is 13.5. The number of anilines is 2. The number of nitrogens with zero attached hydrogens (tertiary/aromatic N) is 7. The molecular weight excluding hydrogens is 756 g/mol. The van der Waals surface area contributed by atoms with Crippen molar-refractivity contribution in [2.24, 2.45) is 5.41 Å². The molecule has 6 aliphatic rings. The van der Waals surface area contributed by atoms with Gasteiger partial charge in [-0.1, -0.05) is 17.7 Å². The summed E-state index contributed by atoms with van der Waals surface area (Å²) < 4.78 is 0. The van der Waals surface area contributed by atoms with E-state index in [0.29, 0.717) is 80.0 Å². The van der Waals surface area contributed by atoms with Crippen molar-refractivity contribution >= 4 is 52.5 Å². The minimum atomic E-state index is -0.643.